The van der Waals surface area contributed by atoms with Gasteiger partial charge in [0.1, 0.15) is 5.75 Å². The number of nitrogens with one attached hydrogen (secondary N) is 1. The van der Waals surface area contributed by atoms with E-state index in [-0.39, 0.29) is 30.2 Å². The quantitative estimate of drug-likeness (QED) is 0.528. The second kappa shape index (κ2) is 9.61. The zero-order chi connectivity index (χ0) is 20.7. The summed E-state index contributed by atoms with van der Waals surface area (Å²) in [5.41, 5.74) is 1.05. The normalized spacial score (nSPS) is 10.2. The van der Waals surface area contributed by atoms with Crippen LogP contribution >= 0.6 is 0 Å². The molecule has 8 nitrogen and oxygen atoms in total. The molecule has 28 heavy (non-hydrogen) atoms. The van der Waals surface area contributed by atoms with Crippen molar-refractivity contribution in [3.63, 3.8) is 0 Å². The van der Waals surface area contributed by atoms with Gasteiger partial charge in [-0.25, -0.2) is 4.79 Å². The maximum Gasteiger partial charge on any atom is 0.343 e. The van der Waals surface area contributed by atoms with Crippen molar-refractivity contribution in [2.75, 3.05) is 26.6 Å². The smallest absolute Gasteiger partial charge is 0.343 e. The molecule has 0 fully saturated rings. The molecule has 0 saturated heterocycles. The summed E-state index contributed by atoms with van der Waals surface area (Å²) in [5.74, 6) is 0.384. The van der Waals surface area contributed by atoms with Crippen molar-refractivity contribution in [2.24, 2.45) is 0 Å². The van der Waals surface area contributed by atoms with E-state index in [2.05, 4.69) is 5.32 Å². The van der Waals surface area contributed by atoms with Crippen LogP contribution in [0, 0.1) is 0 Å². The fourth-order valence-electron chi connectivity index (χ4n) is 2.48. The Kier molecular flexibility index (Phi) is 7.22. The van der Waals surface area contributed by atoms with Crippen molar-refractivity contribution < 1.29 is 33.6 Å². The summed E-state index contributed by atoms with van der Waals surface area (Å²) in [7, 11) is 4.39. The molecule has 0 heterocycles. The first-order valence-electron chi connectivity index (χ1n) is 8.53. The van der Waals surface area contributed by atoms with Crippen molar-refractivity contribution in [1.29, 1.82) is 0 Å². The van der Waals surface area contributed by atoms with E-state index in [0.29, 0.717) is 28.5 Å². The molecule has 2 aromatic carbocycles. The molecule has 0 aromatic heterocycles. The first-order valence-corrected chi connectivity index (χ1v) is 8.53. The van der Waals surface area contributed by atoms with E-state index in [4.69, 9.17) is 18.9 Å². The number of methoxy groups -OCH3 is 3. The summed E-state index contributed by atoms with van der Waals surface area (Å²) in [6, 6.07) is 7.52. The topological polar surface area (TPSA) is 103 Å². The van der Waals surface area contributed by atoms with Gasteiger partial charge >= 0.3 is 5.97 Å². The lowest BCUT2D eigenvalue weighted by Gasteiger charge is -2.14. The van der Waals surface area contributed by atoms with Crippen LogP contribution in [0.3, 0.4) is 0 Å². The minimum atomic E-state index is -0.647. The van der Waals surface area contributed by atoms with Gasteiger partial charge in [-0.15, -0.1) is 0 Å². The third-order valence-corrected chi connectivity index (χ3v) is 3.96. The van der Waals surface area contributed by atoms with Crippen molar-refractivity contribution >= 4 is 17.6 Å². The average molecular weight is 389 g/mol. The third-order valence-electron chi connectivity index (χ3n) is 3.96. The molecule has 1 amide bonds. The van der Waals surface area contributed by atoms with Crippen LogP contribution in [0.2, 0.25) is 0 Å². The molecule has 0 aliphatic rings. The summed E-state index contributed by atoms with van der Waals surface area (Å²) in [6.07, 6.45) is 0.269. The molecule has 2 rings (SSSR count). The Labute approximate surface area is 163 Å². The summed E-state index contributed by atoms with van der Waals surface area (Å²) in [6.45, 7) is 1.43. The van der Waals surface area contributed by atoms with Crippen LogP contribution in [0.25, 0.3) is 0 Å². The van der Waals surface area contributed by atoms with Gasteiger partial charge in [0.05, 0.1) is 33.5 Å². The van der Waals surface area contributed by atoms with E-state index in [1.165, 1.54) is 45.6 Å². The molecule has 0 unspecified atom stereocenters. The Bertz CT molecular complexity index is 839. The highest BCUT2D eigenvalue weighted by Crippen LogP contribution is 2.41. The van der Waals surface area contributed by atoms with E-state index in [1.807, 2.05) is 0 Å². The molecule has 150 valence electrons. The number of ether oxygens (including phenoxy) is 4. The molecular formula is C20H23NO7. The van der Waals surface area contributed by atoms with Crippen LogP contribution in [-0.2, 0) is 11.4 Å². The molecular weight excluding hydrogens is 366 g/mol. The van der Waals surface area contributed by atoms with Gasteiger partial charge in [-0.1, -0.05) is 13.0 Å². The van der Waals surface area contributed by atoms with Crippen molar-refractivity contribution in [3.05, 3.63) is 41.5 Å². The van der Waals surface area contributed by atoms with Gasteiger partial charge in [0.2, 0.25) is 11.7 Å². The zero-order valence-corrected chi connectivity index (χ0v) is 16.2. The third kappa shape index (κ3) is 4.72. The van der Waals surface area contributed by atoms with Gasteiger partial charge in [-0.05, 0) is 12.1 Å². The molecule has 0 spiro atoms. The van der Waals surface area contributed by atoms with E-state index >= 15 is 0 Å². The monoisotopic (exact) mass is 389 g/mol. The molecule has 8 heteroatoms. The number of rotatable bonds is 8. The molecule has 0 aliphatic carbocycles. The minimum absolute atomic E-state index is 0.199. The number of hydrogen-bond donors (Lipinski definition) is 2. The first kappa shape index (κ1) is 21.0. The van der Waals surface area contributed by atoms with Crippen LogP contribution in [0.5, 0.6) is 23.0 Å². The van der Waals surface area contributed by atoms with Gasteiger partial charge in [-0.2, -0.15) is 0 Å². The highest BCUT2D eigenvalue weighted by Gasteiger charge is 2.18. The molecule has 0 saturated carbocycles. The highest BCUT2D eigenvalue weighted by atomic mass is 16.5. The Hall–Kier alpha value is -3.26. The predicted molar refractivity (Wildman–Crippen MR) is 102 cm³/mol. The molecule has 0 atom stereocenters. The number of esters is 1. The summed E-state index contributed by atoms with van der Waals surface area (Å²) < 4.78 is 21.1. The Balaban J connectivity index is 2.32. The SMILES string of the molecule is CCC(=O)Nc1cc(C(=O)Oc2cc(OC)c(OC)c(OC)c2)ccc1CO. The average Bonchev–Trinajstić information content (AvgIpc) is 2.72. The van der Waals surface area contributed by atoms with Crippen molar-refractivity contribution in [1.82, 2.24) is 0 Å². The first-order chi connectivity index (χ1) is 13.5. The van der Waals surface area contributed by atoms with Crippen molar-refractivity contribution in [2.45, 2.75) is 20.0 Å². The number of aliphatic hydroxyl groups excluding tert-OH is 1. The van der Waals surface area contributed by atoms with Gasteiger partial charge in [0.15, 0.2) is 11.5 Å². The van der Waals surface area contributed by atoms with E-state index in [9.17, 15) is 14.7 Å². The summed E-state index contributed by atoms with van der Waals surface area (Å²) in [5, 5.41) is 12.1. The van der Waals surface area contributed by atoms with Gasteiger partial charge in [0.25, 0.3) is 0 Å². The highest BCUT2D eigenvalue weighted by molar-refractivity contribution is 5.96. The second-order valence-corrected chi connectivity index (χ2v) is 5.68. The van der Waals surface area contributed by atoms with Crippen LogP contribution in [-0.4, -0.2) is 38.3 Å². The lowest BCUT2D eigenvalue weighted by atomic mass is 10.1. The van der Waals surface area contributed by atoms with Crippen LogP contribution in [0.15, 0.2) is 30.3 Å². The number of benzene rings is 2. The molecule has 0 radical (unpaired) electrons. The zero-order valence-electron chi connectivity index (χ0n) is 16.2. The predicted octanol–water partition coefficient (Wildman–Crippen LogP) is 2.77. The van der Waals surface area contributed by atoms with Gasteiger partial charge < -0.3 is 29.4 Å². The van der Waals surface area contributed by atoms with E-state index in [0.717, 1.165) is 0 Å². The Morgan fingerprint density at radius 3 is 2.14 bits per heavy atom. The molecule has 0 aliphatic heterocycles. The summed E-state index contributed by atoms with van der Waals surface area (Å²) >= 11 is 0. The standard InChI is InChI=1S/C20H23NO7/c1-5-18(23)21-15-8-12(6-7-13(15)11-22)20(24)28-14-9-16(25-2)19(27-4)17(10-14)26-3/h6-10,22H,5,11H2,1-4H3,(H,21,23). The van der Waals surface area contributed by atoms with E-state index < -0.39 is 5.97 Å². The number of amides is 1. The van der Waals surface area contributed by atoms with Crippen molar-refractivity contribution in [3.8, 4) is 23.0 Å². The lowest BCUT2D eigenvalue weighted by molar-refractivity contribution is -0.115. The fraction of sp³-hybridized carbons (Fsp3) is 0.300. The van der Waals surface area contributed by atoms with Gasteiger partial charge in [-0.3, -0.25) is 4.79 Å². The largest absolute Gasteiger partial charge is 0.493 e. The van der Waals surface area contributed by atoms with Crippen LogP contribution in [0.1, 0.15) is 29.3 Å². The number of aliphatic hydroxyl groups is 1. The lowest BCUT2D eigenvalue weighted by Crippen LogP contribution is -2.14. The van der Waals surface area contributed by atoms with Gasteiger partial charge in [0, 0.05) is 29.8 Å². The fourth-order valence-corrected chi connectivity index (χ4v) is 2.48. The molecule has 0 bridgehead atoms. The number of carbonyl (C=O) groups excluding carboxylic acids is 2. The number of anilines is 1. The minimum Gasteiger partial charge on any atom is -0.493 e. The van der Waals surface area contributed by atoms with E-state index in [1.54, 1.807) is 13.0 Å². The number of carbonyl (C=O) groups is 2. The maximum atomic E-state index is 12.6. The van der Waals surface area contributed by atoms with Crippen LogP contribution < -0.4 is 24.3 Å². The summed E-state index contributed by atoms with van der Waals surface area (Å²) in [4.78, 5) is 24.2. The maximum absolute atomic E-state index is 12.6. The molecule has 2 aromatic rings. The Morgan fingerprint density at radius 1 is 1.00 bits per heavy atom. The Morgan fingerprint density at radius 2 is 1.64 bits per heavy atom. The number of hydrogen-bond acceptors (Lipinski definition) is 7. The second-order valence-electron chi connectivity index (χ2n) is 5.68. The van der Waals surface area contributed by atoms with Crippen LogP contribution in [0.4, 0.5) is 5.69 Å². The molecule has 2 N–H and O–H groups in total.